The number of hydrogen-bond acceptors (Lipinski definition) is 4. The highest BCUT2D eigenvalue weighted by Crippen LogP contribution is 2.61. The minimum Gasteiger partial charge on any atom is -0.493 e. The first-order valence-corrected chi connectivity index (χ1v) is 9.96. The highest BCUT2D eigenvalue weighted by Gasteiger charge is 2.62. The van der Waals surface area contributed by atoms with Crippen molar-refractivity contribution in [3.8, 4) is 5.75 Å². The Morgan fingerprint density at radius 2 is 2.19 bits per heavy atom. The molecule has 142 valence electrons. The van der Waals surface area contributed by atoms with Crippen molar-refractivity contribution < 1.29 is 9.53 Å². The fourth-order valence-corrected chi connectivity index (χ4v) is 4.91. The zero-order chi connectivity index (χ0) is 18.8. The summed E-state index contributed by atoms with van der Waals surface area (Å²) in [4.78, 5) is 15.4. The van der Waals surface area contributed by atoms with Gasteiger partial charge >= 0.3 is 0 Å². The van der Waals surface area contributed by atoms with Crippen LogP contribution in [0, 0.1) is 5.92 Å². The van der Waals surface area contributed by atoms with E-state index in [4.69, 9.17) is 4.74 Å². The molecule has 0 N–H and O–H groups in total. The number of hydrogen-bond donors (Lipinski definition) is 0. The molecular formula is C21H26N4O2. The number of ether oxygens (including phenoxy) is 1. The van der Waals surface area contributed by atoms with Gasteiger partial charge < -0.3 is 14.2 Å². The van der Waals surface area contributed by atoms with E-state index >= 15 is 0 Å². The van der Waals surface area contributed by atoms with Crippen LogP contribution in [0.2, 0.25) is 0 Å². The van der Waals surface area contributed by atoms with E-state index in [0.717, 1.165) is 37.5 Å². The molecule has 0 bridgehead atoms. The molecule has 2 aromatic rings. The number of aromatic nitrogens is 3. The molecule has 1 aliphatic carbocycles. The number of nitrogens with zero attached hydrogens (tertiary/aromatic N) is 4. The summed E-state index contributed by atoms with van der Waals surface area (Å²) in [7, 11) is 0. The Kier molecular flexibility index (Phi) is 3.61. The van der Waals surface area contributed by atoms with Crippen LogP contribution in [-0.4, -0.2) is 38.7 Å². The Bertz CT molecular complexity index is 905. The van der Waals surface area contributed by atoms with Crippen molar-refractivity contribution in [2.75, 3.05) is 13.2 Å². The SMILES string of the molecule is CC(C)c1ccc2c(c1)[C@]1(CCO2)C[C@H]1C(=O)N1CCn2cnnc2[C@@H]1C. The second-order valence-corrected chi connectivity index (χ2v) is 8.51. The second kappa shape index (κ2) is 5.81. The smallest absolute Gasteiger partial charge is 0.227 e. The number of carbonyl (C=O) groups is 1. The topological polar surface area (TPSA) is 60.2 Å². The molecule has 3 aliphatic rings. The van der Waals surface area contributed by atoms with Crippen LogP contribution < -0.4 is 4.74 Å². The van der Waals surface area contributed by atoms with E-state index in [9.17, 15) is 4.79 Å². The van der Waals surface area contributed by atoms with Gasteiger partial charge in [-0.25, -0.2) is 0 Å². The van der Waals surface area contributed by atoms with Crippen LogP contribution in [0.5, 0.6) is 5.75 Å². The largest absolute Gasteiger partial charge is 0.493 e. The van der Waals surface area contributed by atoms with Gasteiger partial charge in [-0.2, -0.15) is 0 Å². The fraction of sp³-hybridized carbons (Fsp3) is 0.571. The Morgan fingerprint density at radius 1 is 1.33 bits per heavy atom. The van der Waals surface area contributed by atoms with Gasteiger partial charge in [0.15, 0.2) is 5.82 Å². The molecule has 6 nitrogen and oxygen atoms in total. The Hall–Kier alpha value is -2.37. The van der Waals surface area contributed by atoms with E-state index < -0.39 is 0 Å². The van der Waals surface area contributed by atoms with Crippen LogP contribution in [0.4, 0.5) is 0 Å². The molecule has 0 unspecified atom stereocenters. The molecule has 27 heavy (non-hydrogen) atoms. The minimum atomic E-state index is -0.0413. The molecule has 1 fully saturated rings. The highest BCUT2D eigenvalue weighted by atomic mass is 16.5. The van der Waals surface area contributed by atoms with Gasteiger partial charge in [-0.3, -0.25) is 4.79 Å². The lowest BCUT2D eigenvalue weighted by Crippen LogP contribution is -2.43. The van der Waals surface area contributed by atoms with Crippen LogP contribution >= 0.6 is 0 Å². The van der Waals surface area contributed by atoms with Crippen molar-refractivity contribution in [2.45, 2.75) is 57.5 Å². The molecule has 1 saturated carbocycles. The van der Waals surface area contributed by atoms with E-state index in [1.54, 1.807) is 6.33 Å². The quantitative estimate of drug-likeness (QED) is 0.820. The number of carbonyl (C=O) groups excluding carboxylic acids is 1. The molecule has 3 atom stereocenters. The van der Waals surface area contributed by atoms with E-state index in [1.165, 1.54) is 11.1 Å². The maximum Gasteiger partial charge on any atom is 0.227 e. The predicted octanol–water partition coefficient (Wildman–Crippen LogP) is 3.05. The number of fused-ring (bicyclic) bond motifs is 3. The van der Waals surface area contributed by atoms with Crippen molar-refractivity contribution in [2.24, 2.45) is 5.92 Å². The minimum absolute atomic E-state index is 0.0206. The first-order chi connectivity index (χ1) is 13.0. The van der Waals surface area contributed by atoms with Crippen LogP contribution in [0.1, 0.15) is 62.5 Å². The summed E-state index contributed by atoms with van der Waals surface area (Å²) < 4.78 is 7.97. The molecule has 1 spiro atoms. The van der Waals surface area contributed by atoms with E-state index in [1.807, 2.05) is 4.90 Å². The van der Waals surface area contributed by atoms with Crippen LogP contribution in [0.15, 0.2) is 24.5 Å². The molecular weight excluding hydrogens is 340 g/mol. The van der Waals surface area contributed by atoms with Gasteiger partial charge in [0.2, 0.25) is 5.91 Å². The summed E-state index contributed by atoms with van der Waals surface area (Å²) in [5.41, 5.74) is 2.52. The lowest BCUT2D eigenvalue weighted by atomic mass is 9.84. The zero-order valence-corrected chi connectivity index (χ0v) is 16.2. The predicted molar refractivity (Wildman–Crippen MR) is 101 cm³/mol. The maximum atomic E-state index is 13.4. The Morgan fingerprint density at radius 3 is 3.00 bits per heavy atom. The van der Waals surface area contributed by atoms with Gasteiger partial charge in [0.05, 0.1) is 12.6 Å². The van der Waals surface area contributed by atoms with Crippen molar-refractivity contribution in [3.05, 3.63) is 41.5 Å². The maximum absolute atomic E-state index is 13.4. The third kappa shape index (κ3) is 2.42. The van der Waals surface area contributed by atoms with Gasteiger partial charge in [0.25, 0.3) is 0 Å². The van der Waals surface area contributed by atoms with E-state index in [0.29, 0.717) is 12.5 Å². The molecule has 1 aromatic heterocycles. The van der Waals surface area contributed by atoms with Crippen molar-refractivity contribution in [3.63, 3.8) is 0 Å². The lowest BCUT2D eigenvalue weighted by molar-refractivity contribution is -0.136. The third-order valence-electron chi connectivity index (χ3n) is 6.74. The van der Waals surface area contributed by atoms with Crippen LogP contribution in [0.25, 0.3) is 0 Å². The van der Waals surface area contributed by atoms with Gasteiger partial charge in [-0.05, 0) is 37.3 Å². The first-order valence-electron chi connectivity index (χ1n) is 9.96. The van der Waals surface area contributed by atoms with Crippen LogP contribution in [0.3, 0.4) is 0 Å². The average Bonchev–Trinajstić information content (AvgIpc) is 3.16. The lowest BCUT2D eigenvalue weighted by Gasteiger charge is -2.35. The third-order valence-corrected chi connectivity index (χ3v) is 6.74. The number of rotatable bonds is 2. The zero-order valence-electron chi connectivity index (χ0n) is 16.2. The molecule has 5 rings (SSSR count). The average molecular weight is 366 g/mol. The summed E-state index contributed by atoms with van der Waals surface area (Å²) in [6.45, 7) is 8.67. The Labute approximate surface area is 159 Å². The Balaban J connectivity index is 1.44. The fourth-order valence-electron chi connectivity index (χ4n) is 4.91. The van der Waals surface area contributed by atoms with Crippen LogP contribution in [-0.2, 0) is 16.8 Å². The number of amides is 1. The summed E-state index contributed by atoms with van der Waals surface area (Å²) in [5, 5.41) is 8.23. The van der Waals surface area contributed by atoms with Gasteiger partial charge in [-0.1, -0.05) is 26.0 Å². The summed E-state index contributed by atoms with van der Waals surface area (Å²) in [6, 6.07) is 6.51. The van der Waals surface area contributed by atoms with Crippen molar-refractivity contribution in [1.29, 1.82) is 0 Å². The van der Waals surface area contributed by atoms with Gasteiger partial charge in [-0.15, -0.1) is 10.2 Å². The van der Waals surface area contributed by atoms with Gasteiger partial charge in [0.1, 0.15) is 12.1 Å². The standard InChI is InChI=1S/C21H26N4O2/c1-13(2)15-4-5-18-16(10-15)21(6-9-27-18)11-17(21)20(26)25-8-7-24-12-22-23-19(24)14(25)3/h4-5,10,12-14,17H,6-9,11H2,1-3H3/t14-,17-,21-/m0/s1. The molecule has 6 heteroatoms. The van der Waals surface area contributed by atoms with E-state index in [-0.39, 0.29) is 23.3 Å². The first kappa shape index (κ1) is 16.8. The second-order valence-electron chi connectivity index (χ2n) is 8.51. The number of benzene rings is 1. The summed E-state index contributed by atoms with van der Waals surface area (Å²) in [6.07, 6.45) is 3.62. The van der Waals surface area contributed by atoms with E-state index in [2.05, 4.69) is 53.7 Å². The van der Waals surface area contributed by atoms with Crippen molar-refractivity contribution >= 4 is 5.91 Å². The molecule has 1 aromatic carbocycles. The normalized spacial score (nSPS) is 28.7. The highest BCUT2D eigenvalue weighted by molar-refractivity contribution is 5.85. The van der Waals surface area contributed by atoms with Gasteiger partial charge in [0, 0.05) is 30.0 Å². The monoisotopic (exact) mass is 366 g/mol. The molecule has 0 radical (unpaired) electrons. The molecule has 0 saturated heterocycles. The van der Waals surface area contributed by atoms with Crippen molar-refractivity contribution in [1.82, 2.24) is 19.7 Å². The molecule has 3 heterocycles. The summed E-state index contributed by atoms with van der Waals surface area (Å²) >= 11 is 0. The molecule has 2 aliphatic heterocycles. The summed E-state index contributed by atoms with van der Waals surface area (Å²) in [5.74, 6) is 2.64. The molecule has 1 amide bonds.